The van der Waals surface area contributed by atoms with Gasteiger partial charge in [0, 0.05) is 37.6 Å². The summed E-state index contributed by atoms with van der Waals surface area (Å²) in [5.41, 5.74) is 8.87. The number of piperidine rings is 1. The van der Waals surface area contributed by atoms with Gasteiger partial charge in [0.1, 0.15) is 0 Å². The second-order valence-electron chi connectivity index (χ2n) is 10.3. The molecule has 0 aliphatic carbocycles. The highest BCUT2D eigenvalue weighted by atomic mass is 16.6. The molecule has 1 N–H and O–H groups in total. The molecule has 5 heterocycles. The SMILES string of the molecule is CCOC(=O)N1CC=C(c2ccc[n+]3cn(Nc4ccc(C(=O)N5CCCCC5c5cccnc5)cc4)nc23)CC1. The van der Waals surface area contributed by atoms with Gasteiger partial charge >= 0.3 is 11.7 Å². The predicted octanol–water partition coefficient (Wildman–Crippen LogP) is 4.51. The van der Waals surface area contributed by atoms with Crippen LogP contribution in [-0.2, 0) is 4.74 Å². The van der Waals surface area contributed by atoms with Gasteiger partial charge in [-0.25, -0.2) is 14.6 Å². The number of hydrogen-bond acceptors (Lipinski definition) is 6. The number of carbonyl (C=O) groups excluding carboxylic acids is 2. The van der Waals surface area contributed by atoms with Crippen LogP contribution in [0.25, 0.3) is 11.2 Å². The van der Waals surface area contributed by atoms with Gasteiger partial charge in [0.25, 0.3) is 12.2 Å². The van der Waals surface area contributed by atoms with E-state index in [2.05, 4.69) is 28.6 Å². The van der Waals surface area contributed by atoms with Gasteiger partial charge in [0.2, 0.25) is 0 Å². The lowest BCUT2D eigenvalue weighted by Crippen LogP contribution is -2.38. The summed E-state index contributed by atoms with van der Waals surface area (Å²) in [6, 6.07) is 15.6. The highest BCUT2D eigenvalue weighted by molar-refractivity contribution is 5.95. The Labute approximate surface area is 238 Å². The molecule has 10 nitrogen and oxygen atoms in total. The number of likely N-dealkylation sites (tertiary alicyclic amines) is 1. The molecule has 2 aliphatic rings. The molecule has 10 heteroatoms. The number of nitrogens with one attached hydrogen (secondary N) is 1. The minimum absolute atomic E-state index is 0.0393. The van der Waals surface area contributed by atoms with E-state index in [-0.39, 0.29) is 18.0 Å². The van der Waals surface area contributed by atoms with Crippen LogP contribution in [0.2, 0.25) is 0 Å². The van der Waals surface area contributed by atoms with E-state index in [1.165, 1.54) is 0 Å². The van der Waals surface area contributed by atoms with Gasteiger partial charge in [-0.05, 0) is 91.0 Å². The first-order chi connectivity index (χ1) is 20.1. The monoisotopic (exact) mass is 552 g/mol. The average Bonchev–Trinajstić information content (AvgIpc) is 3.44. The number of amides is 2. The van der Waals surface area contributed by atoms with Gasteiger partial charge < -0.3 is 14.5 Å². The number of nitrogens with zero attached hydrogens (tertiary/aromatic N) is 6. The van der Waals surface area contributed by atoms with Crippen LogP contribution in [0, 0.1) is 0 Å². The molecule has 1 fully saturated rings. The summed E-state index contributed by atoms with van der Waals surface area (Å²) in [6.07, 6.45) is 13.0. The molecular weight excluding hydrogens is 518 g/mol. The molecule has 210 valence electrons. The van der Waals surface area contributed by atoms with Gasteiger partial charge in [0.05, 0.1) is 35.2 Å². The van der Waals surface area contributed by atoms with Crippen molar-refractivity contribution in [1.29, 1.82) is 0 Å². The normalized spacial score (nSPS) is 17.3. The molecule has 3 aromatic heterocycles. The molecule has 6 rings (SSSR count). The Balaban J connectivity index is 1.16. The third-order valence-corrected chi connectivity index (χ3v) is 7.72. The number of pyridine rings is 2. The van der Waals surface area contributed by atoms with Crippen molar-refractivity contribution in [2.45, 2.75) is 38.6 Å². The minimum atomic E-state index is -0.277. The van der Waals surface area contributed by atoms with Gasteiger partial charge in [-0.2, -0.15) is 0 Å². The van der Waals surface area contributed by atoms with E-state index in [0.29, 0.717) is 25.3 Å². The number of rotatable bonds is 6. The summed E-state index contributed by atoms with van der Waals surface area (Å²) in [6.45, 7) is 4.05. The highest BCUT2D eigenvalue weighted by Crippen LogP contribution is 2.32. The molecule has 0 spiro atoms. The number of aromatic nitrogens is 4. The largest absolute Gasteiger partial charge is 0.450 e. The van der Waals surface area contributed by atoms with Crippen LogP contribution >= 0.6 is 0 Å². The Kier molecular flexibility index (Phi) is 7.62. The summed E-state index contributed by atoms with van der Waals surface area (Å²) in [4.78, 5) is 35.2. The number of fused-ring (bicyclic) bond motifs is 1. The van der Waals surface area contributed by atoms with Crippen molar-refractivity contribution in [1.82, 2.24) is 24.7 Å². The zero-order valence-electron chi connectivity index (χ0n) is 23.1. The van der Waals surface area contributed by atoms with Crippen LogP contribution in [0.1, 0.15) is 60.1 Å². The van der Waals surface area contributed by atoms with Crippen molar-refractivity contribution in [3.8, 4) is 0 Å². The number of ether oxygens (including phenoxy) is 1. The summed E-state index contributed by atoms with van der Waals surface area (Å²) in [5, 5.41) is 4.78. The van der Waals surface area contributed by atoms with Crippen molar-refractivity contribution in [2.75, 3.05) is 31.7 Å². The van der Waals surface area contributed by atoms with E-state index in [4.69, 9.17) is 9.84 Å². The summed E-state index contributed by atoms with van der Waals surface area (Å²) >= 11 is 0. The van der Waals surface area contributed by atoms with E-state index in [1.54, 1.807) is 15.9 Å². The molecule has 41 heavy (non-hydrogen) atoms. The third-order valence-electron chi connectivity index (χ3n) is 7.72. The number of hydrogen-bond donors (Lipinski definition) is 1. The smallest absolute Gasteiger partial charge is 0.410 e. The van der Waals surface area contributed by atoms with Crippen molar-refractivity contribution in [3.05, 3.63) is 96.2 Å². The lowest BCUT2D eigenvalue weighted by atomic mass is 9.95. The standard InChI is InChI=1S/C31H33N7O3/c1-2-41-31(40)35-19-14-23(15-20-35)27-8-6-17-36-22-38(34-29(27)36)33-26-12-10-24(11-13-26)30(39)37-18-4-3-9-28(37)25-7-5-16-32-21-25/h5-8,10-14,16-17,21-22,28H,2-4,9,15,18-20H2,1H3/p+1. The Morgan fingerprint density at radius 1 is 1.10 bits per heavy atom. The second-order valence-corrected chi connectivity index (χ2v) is 10.3. The van der Waals surface area contributed by atoms with E-state index in [0.717, 1.165) is 60.3 Å². The lowest BCUT2D eigenvalue weighted by molar-refractivity contribution is -0.513. The van der Waals surface area contributed by atoms with Crippen LogP contribution in [0.5, 0.6) is 0 Å². The van der Waals surface area contributed by atoms with E-state index in [1.807, 2.05) is 71.3 Å². The van der Waals surface area contributed by atoms with Crippen LogP contribution in [0.15, 0.2) is 79.5 Å². The molecule has 2 amide bonds. The number of benzene rings is 1. The molecule has 0 bridgehead atoms. The van der Waals surface area contributed by atoms with Crippen molar-refractivity contribution < 1.29 is 18.7 Å². The zero-order valence-corrected chi connectivity index (χ0v) is 23.1. The molecule has 0 radical (unpaired) electrons. The van der Waals surface area contributed by atoms with Gasteiger partial charge in [-0.15, -0.1) is 0 Å². The van der Waals surface area contributed by atoms with Crippen molar-refractivity contribution in [3.63, 3.8) is 0 Å². The third kappa shape index (κ3) is 5.63. The number of carbonyl (C=O) groups is 2. The van der Waals surface area contributed by atoms with Crippen LogP contribution < -0.4 is 9.83 Å². The van der Waals surface area contributed by atoms with Crippen molar-refractivity contribution in [2.24, 2.45) is 0 Å². The molecule has 1 atom stereocenters. The number of anilines is 1. The fourth-order valence-corrected chi connectivity index (χ4v) is 5.64. The summed E-state index contributed by atoms with van der Waals surface area (Å²) in [7, 11) is 0. The Bertz CT molecular complexity index is 1570. The van der Waals surface area contributed by atoms with E-state index >= 15 is 0 Å². The lowest BCUT2D eigenvalue weighted by Gasteiger charge is -2.36. The first-order valence-corrected chi connectivity index (χ1v) is 14.2. The molecule has 4 aromatic rings. The Morgan fingerprint density at radius 3 is 2.73 bits per heavy atom. The van der Waals surface area contributed by atoms with Gasteiger partial charge in [0.15, 0.2) is 0 Å². The first-order valence-electron chi connectivity index (χ1n) is 14.2. The predicted molar refractivity (Wildman–Crippen MR) is 154 cm³/mol. The highest BCUT2D eigenvalue weighted by Gasteiger charge is 2.29. The fraction of sp³-hybridized carbons (Fsp3) is 0.323. The maximum atomic E-state index is 13.5. The molecule has 1 aromatic carbocycles. The first kappa shape index (κ1) is 26.5. The molecule has 1 saturated heterocycles. The van der Waals surface area contributed by atoms with E-state index < -0.39 is 0 Å². The van der Waals surface area contributed by atoms with Gasteiger partial charge in [-0.3, -0.25) is 9.78 Å². The molecule has 0 saturated carbocycles. The summed E-state index contributed by atoms with van der Waals surface area (Å²) < 4.78 is 7.10. The minimum Gasteiger partial charge on any atom is -0.450 e. The van der Waals surface area contributed by atoms with E-state index in [9.17, 15) is 9.59 Å². The average molecular weight is 553 g/mol. The van der Waals surface area contributed by atoms with Crippen LogP contribution in [0.4, 0.5) is 10.5 Å². The van der Waals surface area contributed by atoms with Crippen LogP contribution in [-0.4, -0.2) is 62.9 Å². The maximum Gasteiger partial charge on any atom is 0.410 e. The van der Waals surface area contributed by atoms with Crippen molar-refractivity contribution >= 4 is 28.9 Å². The quantitative estimate of drug-likeness (QED) is 0.354. The van der Waals surface area contributed by atoms with Crippen LogP contribution in [0.3, 0.4) is 0 Å². The second kappa shape index (κ2) is 11.8. The molecular formula is C31H34N7O3+. The molecule has 1 unspecified atom stereocenters. The summed E-state index contributed by atoms with van der Waals surface area (Å²) in [5.74, 6) is 0.0393. The molecule has 2 aliphatic heterocycles. The Hall–Kier alpha value is -4.73. The maximum absolute atomic E-state index is 13.5. The topological polar surface area (TPSA) is 96.7 Å². The zero-order chi connectivity index (χ0) is 28.2. The Morgan fingerprint density at radius 2 is 1.98 bits per heavy atom. The fourth-order valence-electron chi connectivity index (χ4n) is 5.64. The van der Waals surface area contributed by atoms with Gasteiger partial charge in [-0.1, -0.05) is 12.1 Å².